The second kappa shape index (κ2) is 5.45. The Morgan fingerprint density at radius 3 is 2.50 bits per heavy atom. The third kappa shape index (κ3) is 3.62. The van der Waals surface area contributed by atoms with Crippen LogP contribution in [0.5, 0.6) is 5.75 Å². The van der Waals surface area contributed by atoms with Crippen LogP contribution in [0.1, 0.15) is 18.9 Å². The standard InChI is InChI=1S/C12H17NO/c1-10(13)4-3-5-11-6-8-12(14-2)9-7-11/h3,5-10H,4,13H2,1-2H3/b5-3+. The molecule has 0 bridgehead atoms. The first-order chi connectivity index (χ1) is 6.72. The molecule has 0 aliphatic heterocycles. The molecule has 0 aliphatic carbocycles. The van der Waals surface area contributed by atoms with E-state index in [0.29, 0.717) is 0 Å². The zero-order valence-electron chi connectivity index (χ0n) is 8.73. The van der Waals surface area contributed by atoms with Crippen molar-refractivity contribution in [1.29, 1.82) is 0 Å². The van der Waals surface area contributed by atoms with E-state index in [1.165, 1.54) is 5.56 Å². The molecule has 0 saturated heterocycles. The number of hydrogen-bond acceptors (Lipinski definition) is 2. The molecule has 2 heteroatoms. The zero-order chi connectivity index (χ0) is 10.4. The number of rotatable bonds is 4. The monoisotopic (exact) mass is 191 g/mol. The van der Waals surface area contributed by atoms with E-state index in [4.69, 9.17) is 10.5 Å². The van der Waals surface area contributed by atoms with E-state index in [2.05, 4.69) is 12.2 Å². The van der Waals surface area contributed by atoms with Crippen molar-refractivity contribution in [2.24, 2.45) is 5.73 Å². The third-order valence-electron chi connectivity index (χ3n) is 1.93. The van der Waals surface area contributed by atoms with E-state index < -0.39 is 0 Å². The lowest BCUT2D eigenvalue weighted by atomic mass is 10.1. The van der Waals surface area contributed by atoms with E-state index >= 15 is 0 Å². The van der Waals surface area contributed by atoms with E-state index in [9.17, 15) is 0 Å². The topological polar surface area (TPSA) is 35.2 Å². The first-order valence-electron chi connectivity index (χ1n) is 4.78. The van der Waals surface area contributed by atoms with Gasteiger partial charge in [0.15, 0.2) is 0 Å². The Labute approximate surface area is 85.4 Å². The summed E-state index contributed by atoms with van der Waals surface area (Å²) in [4.78, 5) is 0. The van der Waals surface area contributed by atoms with Gasteiger partial charge in [-0.25, -0.2) is 0 Å². The fraction of sp³-hybridized carbons (Fsp3) is 0.333. The Morgan fingerprint density at radius 2 is 2.00 bits per heavy atom. The predicted octanol–water partition coefficient (Wildman–Crippen LogP) is 2.45. The quantitative estimate of drug-likeness (QED) is 0.793. The molecule has 0 amide bonds. The molecule has 1 aromatic rings. The van der Waals surface area contributed by atoms with Crippen molar-refractivity contribution in [3.8, 4) is 5.75 Å². The van der Waals surface area contributed by atoms with Gasteiger partial charge < -0.3 is 10.5 Å². The summed E-state index contributed by atoms with van der Waals surface area (Å²) in [5.74, 6) is 0.884. The predicted molar refractivity (Wildman–Crippen MR) is 60.3 cm³/mol. The maximum Gasteiger partial charge on any atom is 0.118 e. The van der Waals surface area contributed by atoms with Crippen LogP contribution in [0.2, 0.25) is 0 Å². The molecule has 14 heavy (non-hydrogen) atoms. The van der Waals surface area contributed by atoms with Crippen LogP contribution in [-0.2, 0) is 0 Å². The van der Waals surface area contributed by atoms with Gasteiger partial charge in [-0.15, -0.1) is 0 Å². The Bertz CT molecular complexity index is 288. The van der Waals surface area contributed by atoms with Crippen LogP contribution < -0.4 is 10.5 Å². The van der Waals surface area contributed by atoms with Crippen molar-refractivity contribution in [2.75, 3.05) is 7.11 Å². The number of nitrogens with two attached hydrogens (primary N) is 1. The lowest BCUT2D eigenvalue weighted by Crippen LogP contribution is -2.12. The molecule has 0 fully saturated rings. The normalized spacial score (nSPS) is 13.1. The third-order valence-corrected chi connectivity index (χ3v) is 1.93. The minimum Gasteiger partial charge on any atom is -0.497 e. The molecule has 1 aromatic carbocycles. The average Bonchev–Trinajstić information content (AvgIpc) is 2.18. The molecular weight excluding hydrogens is 174 g/mol. The van der Waals surface area contributed by atoms with Crippen LogP contribution >= 0.6 is 0 Å². The van der Waals surface area contributed by atoms with Gasteiger partial charge in [0.2, 0.25) is 0 Å². The molecule has 0 aliphatic rings. The first kappa shape index (κ1) is 10.8. The van der Waals surface area contributed by atoms with Gasteiger partial charge in [-0.1, -0.05) is 24.3 Å². The van der Waals surface area contributed by atoms with Crippen LogP contribution in [0.15, 0.2) is 30.3 Å². The molecule has 1 atom stereocenters. The average molecular weight is 191 g/mol. The maximum absolute atomic E-state index is 5.63. The summed E-state index contributed by atoms with van der Waals surface area (Å²) in [6, 6.07) is 8.17. The Morgan fingerprint density at radius 1 is 1.36 bits per heavy atom. The highest BCUT2D eigenvalue weighted by atomic mass is 16.5. The van der Waals surface area contributed by atoms with Gasteiger partial charge in [0.1, 0.15) is 5.75 Å². The second-order valence-corrected chi connectivity index (χ2v) is 3.39. The van der Waals surface area contributed by atoms with E-state index in [1.54, 1.807) is 7.11 Å². The fourth-order valence-electron chi connectivity index (χ4n) is 1.13. The summed E-state index contributed by atoms with van der Waals surface area (Å²) >= 11 is 0. The van der Waals surface area contributed by atoms with Crippen molar-refractivity contribution in [3.05, 3.63) is 35.9 Å². The maximum atomic E-state index is 5.63. The van der Waals surface area contributed by atoms with Gasteiger partial charge in [-0.3, -0.25) is 0 Å². The minimum atomic E-state index is 0.226. The van der Waals surface area contributed by atoms with Gasteiger partial charge in [0.05, 0.1) is 7.11 Å². The van der Waals surface area contributed by atoms with E-state index in [1.807, 2.05) is 31.2 Å². The Balaban J connectivity index is 2.55. The number of ether oxygens (including phenoxy) is 1. The smallest absolute Gasteiger partial charge is 0.118 e. The van der Waals surface area contributed by atoms with Crippen LogP contribution in [0.25, 0.3) is 6.08 Å². The van der Waals surface area contributed by atoms with Crippen molar-refractivity contribution in [2.45, 2.75) is 19.4 Å². The molecule has 0 heterocycles. The van der Waals surface area contributed by atoms with Crippen molar-refractivity contribution < 1.29 is 4.74 Å². The number of hydrogen-bond donors (Lipinski definition) is 1. The highest BCUT2D eigenvalue weighted by Crippen LogP contribution is 2.12. The molecule has 1 unspecified atom stereocenters. The Kier molecular flexibility index (Phi) is 4.20. The largest absolute Gasteiger partial charge is 0.497 e. The van der Waals surface area contributed by atoms with Crippen molar-refractivity contribution in [3.63, 3.8) is 0 Å². The summed E-state index contributed by atoms with van der Waals surface area (Å²) in [7, 11) is 1.67. The second-order valence-electron chi connectivity index (χ2n) is 3.39. The molecule has 0 spiro atoms. The van der Waals surface area contributed by atoms with Gasteiger partial charge in [0, 0.05) is 6.04 Å². The lowest BCUT2D eigenvalue weighted by Gasteiger charge is -2.00. The lowest BCUT2D eigenvalue weighted by molar-refractivity contribution is 0.415. The number of benzene rings is 1. The highest BCUT2D eigenvalue weighted by Gasteiger charge is 1.91. The van der Waals surface area contributed by atoms with Crippen LogP contribution in [0.4, 0.5) is 0 Å². The molecule has 0 radical (unpaired) electrons. The molecule has 2 nitrogen and oxygen atoms in total. The van der Waals surface area contributed by atoms with Crippen LogP contribution in [0, 0.1) is 0 Å². The van der Waals surface area contributed by atoms with Gasteiger partial charge >= 0.3 is 0 Å². The SMILES string of the molecule is COc1ccc(/C=C/CC(C)N)cc1. The highest BCUT2D eigenvalue weighted by molar-refractivity contribution is 5.50. The summed E-state index contributed by atoms with van der Waals surface area (Å²) in [5, 5.41) is 0. The summed E-state index contributed by atoms with van der Waals surface area (Å²) in [5.41, 5.74) is 6.80. The molecular formula is C12H17NO. The van der Waals surface area contributed by atoms with Crippen LogP contribution in [0.3, 0.4) is 0 Å². The van der Waals surface area contributed by atoms with Gasteiger partial charge in [0.25, 0.3) is 0 Å². The summed E-state index contributed by atoms with van der Waals surface area (Å²) < 4.78 is 5.07. The molecule has 0 saturated carbocycles. The van der Waals surface area contributed by atoms with E-state index in [0.717, 1.165) is 12.2 Å². The number of methoxy groups -OCH3 is 1. The summed E-state index contributed by atoms with van der Waals surface area (Å²) in [6.45, 7) is 2.00. The molecule has 1 rings (SSSR count). The van der Waals surface area contributed by atoms with Gasteiger partial charge in [-0.2, -0.15) is 0 Å². The fourth-order valence-corrected chi connectivity index (χ4v) is 1.13. The van der Waals surface area contributed by atoms with Crippen LogP contribution in [-0.4, -0.2) is 13.2 Å². The molecule has 76 valence electrons. The molecule has 0 aromatic heterocycles. The zero-order valence-corrected chi connectivity index (χ0v) is 8.73. The van der Waals surface area contributed by atoms with E-state index in [-0.39, 0.29) is 6.04 Å². The first-order valence-corrected chi connectivity index (χ1v) is 4.78. The molecule has 2 N–H and O–H groups in total. The Hall–Kier alpha value is -1.28. The van der Waals surface area contributed by atoms with Gasteiger partial charge in [-0.05, 0) is 31.0 Å². The minimum absolute atomic E-state index is 0.226. The van der Waals surface area contributed by atoms with Crippen molar-refractivity contribution in [1.82, 2.24) is 0 Å². The summed E-state index contributed by atoms with van der Waals surface area (Å²) in [6.07, 6.45) is 5.07. The van der Waals surface area contributed by atoms with Crippen molar-refractivity contribution >= 4 is 6.08 Å².